The van der Waals surface area contributed by atoms with E-state index in [1.807, 2.05) is 31.2 Å². The van der Waals surface area contributed by atoms with Crippen LogP contribution in [-0.2, 0) is 11.3 Å². The van der Waals surface area contributed by atoms with E-state index in [2.05, 4.69) is 15.5 Å². The van der Waals surface area contributed by atoms with Gasteiger partial charge in [0.1, 0.15) is 6.54 Å². The molecular formula is C23H18N4O5. The molecule has 3 heterocycles. The molecule has 0 saturated carbocycles. The Morgan fingerprint density at radius 1 is 1.06 bits per heavy atom. The summed E-state index contributed by atoms with van der Waals surface area (Å²) in [7, 11) is 0. The summed E-state index contributed by atoms with van der Waals surface area (Å²) >= 11 is 0. The summed E-state index contributed by atoms with van der Waals surface area (Å²) in [6.45, 7) is 1.95. The molecule has 5 rings (SSSR count). The molecule has 0 radical (unpaired) electrons. The van der Waals surface area contributed by atoms with Gasteiger partial charge in [0.05, 0.1) is 5.56 Å². The second-order valence-electron chi connectivity index (χ2n) is 7.29. The van der Waals surface area contributed by atoms with Gasteiger partial charge < -0.3 is 23.9 Å². The zero-order valence-electron chi connectivity index (χ0n) is 17.1. The summed E-state index contributed by atoms with van der Waals surface area (Å²) in [5.41, 5.74) is 2.66. The van der Waals surface area contributed by atoms with Gasteiger partial charge in [-0.05, 0) is 31.2 Å². The minimum atomic E-state index is -0.367. The highest BCUT2D eigenvalue weighted by Gasteiger charge is 2.16. The van der Waals surface area contributed by atoms with Gasteiger partial charge in [-0.2, -0.15) is 4.98 Å². The van der Waals surface area contributed by atoms with Crippen LogP contribution < -0.4 is 20.3 Å². The number of anilines is 1. The maximum absolute atomic E-state index is 12.5. The highest BCUT2D eigenvalue weighted by atomic mass is 16.7. The second kappa shape index (κ2) is 8.03. The molecule has 0 fully saturated rings. The Bertz CT molecular complexity index is 1370. The Hall–Kier alpha value is -4.40. The molecule has 0 spiro atoms. The highest BCUT2D eigenvalue weighted by Crippen LogP contribution is 2.34. The Kier molecular flexibility index (Phi) is 4.91. The molecule has 9 nitrogen and oxygen atoms in total. The highest BCUT2D eigenvalue weighted by molar-refractivity contribution is 5.91. The van der Waals surface area contributed by atoms with E-state index in [9.17, 15) is 9.59 Å². The quantitative estimate of drug-likeness (QED) is 0.518. The summed E-state index contributed by atoms with van der Waals surface area (Å²) < 4.78 is 17.2. The molecule has 0 aliphatic carbocycles. The molecule has 1 amide bonds. The van der Waals surface area contributed by atoms with Crippen LogP contribution in [0.15, 0.2) is 70.1 Å². The molecule has 0 saturated heterocycles. The molecule has 4 aromatic rings. The Morgan fingerprint density at radius 2 is 1.94 bits per heavy atom. The van der Waals surface area contributed by atoms with Gasteiger partial charge in [0.15, 0.2) is 11.5 Å². The number of nitrogens with one attached hydrogen (secondary N) is 1. The molecule has 1 aliphatic heterocycles. The van der Waals surface area contributed by atoms with Crippen molar-refractivity contribution < 1.29 is 18.8 Å². The zero-order valence-corrected chi connectivity index (χ0v) is 17.1. The maximum atomic E-state index is 12.5. The molecule has 0 bridgehead atoms. The van der Waals surface area contributed by atoms with E-state index in [4.69, 9.17) is 14.0 Å². The molecule has 32 heavy (non-hydrogen) atoms. The van der Waals surface area contributed by atoms with E-state index in [1.165, 1.54) is 16.8 Å². The van der Waals surface area contributed by atoms with Crippen LogP contribution in [0.3, 0.4) is 0 Å². The molecule has 9 heteroatoms. The van der Waals surface area contributed by atoms with E-state index < -0.39 is 0 Å². The fraction of sp³-hybridized carbons (Fsp3) is 0.130. The van der Waals surface area contributed by atoms with Gasteiger partial charge in [-0.15, -0.1) is 0 Å². The number of fused-ring (bicyclic) bond motifs is 1. The van der Waals surface area contributed by atoms with E-state index in [-0.39, 0.29) is 30.7 Å². The molecule has 0 atom stereocenters. The number of amides is 1. The average molecular weight is 430 g/mol. The first-order chi connectivity index (χ1) is 15.5. The molecule has 2 aromatic heterocycles. The van der Waals surface area contributed by atoms with Crippen molar-refractivity contribution in [2.45, 2.75) is 13.5 Å². The van der Waals surface area contributed by atoms with Crippen molar-refractivity contribution in [2.24, 2.45) is 0 Å². The minimum Gasteiger partial charge on any atom is -0.454 e. The summed E-state index contributed by atoms with van der Waals surface area (Å²) in [5.74, 6) is 1.52. The van der Waals surface area contributed by atoms with Crippen LogP contribution in [0, 0.1) is 6.92 Å². The van der Waals surface area contributed by atoms with Gasteiger partial charge in [-0.25, -0.2) is 0 Å². The number of nitrogens with zero attached hydrogens (tertiary/aromatic N) is 3. The predicted octanol–water partition coefficient (Wildman–Crippen LogP) is 3.24. The van der Waals surface area contributed by atoms with Crippen molar-refractivity contribution in [1.29, 1.82) is 0 Å². The first kappa shape index (κ1) is 19.6. The summed E-state index contributed by atoms with van der Waals surface area (Å²) in [5, 5.41) is 6.78. The normalized spacial score (nSPS) is 12.0. The number of aromatic nitrogens is 3. The monoisotopic (exact) mass is 430 g/mol. The van der Waals surface area contributed by atoms with E-state index in [1.54, 1.807) is 24.3 Å². The topological polar surface area (TPSA) is 108 Å². The fourth-order valence-electron chi connectivity index (χ4n) is 3.35. The third-order valence-electron chi connectivity index (χ3n) is 4.90. The third-order valence-corrected chi connectivity index (χ3v) is 4.90. The van der Waals surface area contributed by atoms with Gasteiger partial charge >= 0.3 is 0 Å². The number of hydrogen-bond acceptors (Lipinski definition) is 7. The lowest BCUT2D eigenvalue weighted by Gasteiger charge is -2.08. The van der Waals surface area contributed by atoms with Crippen molar-refractivity contribution in [3.63, 3.8) is 0 Å². The van der Waals surface area contributed by atoms with Crippen LogP contribution in [0.4, 0.5) is 5.69 Å². The van der Waals surface area contributed by atoms with Gasteiger partial charge in [0, 0.05) is 29.6 Å². The van der Waals surface area contributed by atoms with E-state index in [0.29, 0.717) is 28.6 Å². The standard InChI is InChI=1S/C23H18N4O5/c1-14-3-2-4-15(9-14)22-25-23(32-26-22)16-5-8-21(29)27(11-16)12-20(28)24-17-6-7-18-19(10-17)31-13-30-18/h2-11H,12-13H2,1H3,(H,24,28). The van der Waals surface area contributed by atoms with Crippen LogP contribution >= 0.6 is 0 Å². The zero-order chi connectivity index (χ0) is 22.1. The van der Waals surface area contributed by atoms with Crippen LogP contribution in [0.25, 0.3) is 22.8 Å². The van der Waals surface area contributed by atoms with Crippen molar-refractivity contribution in [2.75, 3.05) is 12.1 Å². The Balaban J connectivity index is 1.34. The number of ether oxygens (including phenoxy) is 2. The van der Waals surface area contributed by atoms with Crippen LogP contribution in [0.2, 0.25) is 0 Å². The van der Waals surface area contributed by atoms with Crippen molar-refractivity contribution in [3.05, 3.63) is 76.7 Å². The first-order valence-electron chi connectivity index (χ1n) is 9.86. The Labute approximate surface area is 182 Å². The molecule has 1 N–H and O–H groups in total. The molecule has 1 aliphatic rings. The Morgan fingerprint density at radius 3 is 2.81 bits per heavy atom. The lowest BCUT2D eigenvalue weighted by Crippen LogP contribution is -2.26. The number of pyridine rings is 1. The summed E-state index contributed by atoms with van der Waals surface area (Å²) in [6, 6.07) is 15.8. The first-order valence-corrected chi connectivity index (χ1v) is 9.86. The largest absolute Gasteiger partial charge is 0.454 e. The van der Waals surface area contributed by atoms with Gasteiger partial charge in [-0.1, -0.05) is 28.9 Å². The second-order valence-corrected chi connectivity index (χ2v) is 7.29. The van der Waals surface area contributed by atoms with E-state index in [0.717, 1.165) is 11.1 Å². The fourth-order valence-corrected chi connectivity index (χ4v) is 3.35. The van der Waals surface area contributed by atoms with Crippen molar-refractivity contribution >= 4 is 11.6 Å². The van der Waals surface area contributed by atoms with Gasteiger partial charge in [0.25, 0.3) is 11.4 Å². The maximum Gasteiger partial charge on any atom is 0.259 e. The average Bonchev–Trinajstić information content (AvgIpc) is 3.45. The number of hydrogen-bond donors (Lipinski definition) is 1. The number of benzene rings is 2. The van der Waals surface area contributed by atoms with Crippen LogP contribution in [0.1, 0.15) is 5.56 Å². The summed E-state index contributed by atoms with van der Waals surface area (Å²) in [6.07, 6.45) is 1.52. The predicted molar refractivity (Wildman–Crippen MR) is 115 cm³/mol. The third kappa shape index (κ3) is 3.95. The number of aryl methyl sites for hydroxylation is 1. The molecule has 2 aromatic carbocycles. The van der Waals surface area contributed by atoms with Crippen LogP contribution in [-0.4, -0.2) is 27.4 Å². The van der Waals surface area contributed by atoms with Crippen LogP contribution in [0.5, 0.6) is 11.5 Å². The summed E-state index contributed by atoms with van der Waals surface area (Å²) in [4.78, 5) is 29.2. The molecule has 160 valence electrons. The van der Waals surface area contributed by atoms with E-state index >= 15 is 0 Å². The lowest BCUT2D eigenvalue weighted by atomic mass is 10.1. The van der Waals surface area contributed by atoms with Gasteiger partial charge in [-0.3, -0.25) is 9.59 Å². The number of rotatable bonds is 5. The SMILES string of the molecule is Cc1cccc(-c2noc(-c3ccc(=O)n(CC(=O)Nc4ccc5c(c4)OCO5)c3)n2)c1. The van der Waals surface area contributed by atoms with Gasteiger partial charge in [0.2, 0.25) is 18.5 Å². The lowest BCUT2D eigenvalue weighted by molar-refractivity contribution is -0.116. The molecular weight excluding hydrogens is 412 g/mol. The van der Waals surface area contributed by atoms with Crippen molar-refractivity contribution in [3.8, 4) is 34.3 Å². The number of carbonyl (C=O) groups excluding carboxylic acids is 1. The molecule has 0 unspecified atom stereocenters. The minimum absolute atomic E-state index is 0.149. The number of carbonyl (C=O) groups is 1. The smallest absolute Gasteiger partial charge is 0.259 e. The van der Waals surface area contributed by atoms with Crippen molar-refractivity contribution in [1.82, 2.24) is 14.7 Å².